The van der Waals surface area contributed by atoms with Crippen LogP contribution in [0.1, 0.15) is 29.8 Å². The zero-order valence-corrected chi connectivity index (χ0v) is 24.7. The number of nitroso groups, excluding NO2 is 1. The molecule has 3 N–H and O–H groups in total. The number of anilines is 2. The third kappa shape index (κ3) is 7.38. The van der Waals surface area contributed by atoms with Crippen LogP contribution in [-0.4, -0.2) is 33.2 Å². The largest absolute Gasteiger partial charge is 0.496 e. The molecule has 0 aromatic heterocycles. The molecule has 0 unspecified atom stereocenters. The second-order valence-electron chi connectivity index (χ2n) is 9.88. The molecule has 4 rings (SSSR count). The Morgan fingerprint density at radius 3 is 2.33 bits per heavy atom. The van der Waals surface area contributed by atoms with Crippen molar-refractivity contribution in [2.45, 2.75) is 24.3 Å². The number of benzene rings is 4. The smallest absolute Gasteiger partial charge is 0.258 e. The summed E-state index contributed by atoms with van der Waals surface area (Å²) < 4.78 is 28.2. The lowest BCUT2D eigenvalue weighted by molar-refractivity contribution is 0.0948. The van der Waals surface area contributed by atoms with Crippen molar-refractivity contribution >= 4 is 29.2 Å². The Bertz CT molecular complexity index is 1560. The minimum Gasteiger partial charge on any atom is -0.496 e. The van der Waals surface area contributed by atoms with E-state index in [4.69, 9.17) is 9.47 Å². The molecular weight excluding hydrogens is 555 g/mol. The summed E-state index contributed by atoms with van der Waals surface area (Å²) in [5.41, 5.74) is 3.57. The van der Waals surface area contributed by atoms with E-state index in [0.29, 0.717) is 6.54 Å². The van der Waals surface area contributed by atoms with Gasteiger partial charge in [0.25, 0.3) is 5.91 Å². The van der Waals surface area contributed by atoms with Gasteiger partial charge in [-0.05, 0) is 91.0 Å². The monoisotopic (exact) mass is 588 g/mol. The van der Waals surface area contributed by atoms with Crippen molar-refractivity contribution in [3.63, 3.8) is 0 Å². The van der Waals surface area contributed by atoms with Crippen molar-refractivity contribution in [2.75, 3.05) is 37.3 Å². The van der Waals surface area contributed by atoms with E-state index in [1.54, 1.807) is 27.0 Å². The molecule has 218 valence electrons. The summed E-state index contributed by atoms with van der Waals surface area (Å²) >= 11 is 1.42. The van der Waals surface area contributed by atoms with Crippen LogP contribution < -0.4 is 24.8 Å². The van der Waals surface area contributed by atoms with Crippen LogP contribution in [0.2, 0.25) is 0 Å². The zero-order valence-electron chi connectivity index (χ0n) is 23.9. The van der Waals surface area contributed by atoms with Crippen molar-refractivity contribution in [3.05, 3.63) is 107 Å². The number of hydrogen-bond donors (Lipinski definition) is 3. The Labute approximate surface area is 249 Å². The Morgan fingerprint density at radius 1 is 0.857 bits per heavy atom. The molecule has 4 aromatic rings. The Morgan fingerprint density at radius 2 is 1.57 bits per heavy atom. The molecule has 4 aromatic carbocycles. The summed E-state index contributed by atoms with van der Waals surface area (Å²) in [5, 5.41) is 9.25. The molecule has 0 aliphatic rings. The summed E-state index contributed by atoms with van der Waals surface area (Å²) in [6.07, 6.45) is 0. The van der Waals surface area contributed by atoms with E-state index in [-0.39, 0.29) is 17.9 Å². The maximum atomic E-state index is 14.1. The second kappa shape index (κ2) is 13.9. The number of rotatable bonds is 13. The van der Waals surface area contributed by atoms with Crippen LogP contribution in [0.15, 0.2) is 95.0 Å². The van der Waals surface area contributed by atoms with Gasteiger partial charge in [0, 0.05) is 24.5 Å². The molecular formula is C32H33FN4O4S. The first-order valence-electron chi connectivity index (χ1n) is 13.3. The SMILES string of the molecule is COc1ccc(-c2cccc(C(C)(C)N=O)c2)cc1SNc1cccc(NCCNC(=O)c2c(F)cccc2OC)c1. The first kappa shape index (κ1) is 30.4. The Balaban J connectivity index is 1.38. The van der Waals surface area contributed by atoms with E-state index >= 15 is 0 Å². The van der Waals surface area contributed by atoms with E-state index in [2.05, 4.69) is 20.5 Å². The van der Waals surface area contributed by atoms with Gasteiger partial charge in [0.2, 0.25) is 0 Å². The fraction of sp³-hybridized carbons (Fsp3) is 0.219. The number of carbonyl (C=O) groups is 1. The fourth-order valence-electron chi connectivity index (χ4n) is 4.24. The average Bonchev–Trinajstić information content (AvgIpc) is 3.02. The highest BCUT2D eigenvalue weighted by molar-refractivity contribution is 8.00. The first-order chi connectivity index (χ1) is 20.2. The van der Waals surface area contributed by atoms with Gasteiger partial charge in [-0.15, -0.1) is 4.91 Å². The van der Waals surface area contributed by atoms with Gasteiger partial charge in [-0.25, -0.2) is 4.39 Å². The van der Waals surface area contributed by atoms with Gasteiger partial charge >= 0.3 is 0 Å². The zero-order chi connectivity index (χ0) is 30.1. The molecule has 0 heterocycles. The van der Waals surface area contributed by atoms with E-state index in [0.717, 1.165) is 38.7 Å². The van der Waals surface area contributed by atoms with Crippen molar-refractivity contribution in [2.24, 2.45) is 5.18 Å². The minimum atomic E-state index is -0.820. The maximum absolute atomic E-state index is 14.1. The van der Waals surface area contributed by atoms with Gasteiger partial charge in [0.1, 0.15) is 28.4 Å². The summed E-state index contributed by atoms with van der Waals surface area (Å²) in [5.74, 6) is -0.262. The lowest BCUT2D eigenvalue weighted by Gasteiger charge is -2.17. The third-order valence-corrected chi connectivity index (χ3v) is 7.47. The topological polar surface area (TPSA) is 101 Å². The van der Waals surface area contributed by atoms with Gasteiger partial charge in [0.05, 0.1) is 19.1 Å². The van der Waals surface area contributed by atoms with Gasteiger partial charge in [0.15, 0.2) is 0 Å². The summed E-state index contributed by atoms with van der Waals surface area (Å²) in [6.45, 7) is 4.31. The van der Waals surface area contributed by atoms with E-state index in [1.807, 2.05) is 66.7 Å². The lowest BCUT2D eigenvalue weighted by atomic mass is 9.92. The van der Waals surface area contributed by atoms with E-state index < -0.39 is 17.3 Å². The molecule has 0 aliphatic carbocycles. The Kier molecular flexibility index (Phi) is 10.0. The summed E-state index contributed by atoms with van der Waals surface area (Å²) in [4.78, 5) is 24.7. The van der Waals surface area contributed by atoms with Crippen LogP contribution in [0.4, 0.5) is 15.8 Å². The normalized spacial score (nSPS) is 11.0. The number of amides is 1. The second-order valence-corrected chi connectivity index (χ2v) is 10.7. The van der Waals surface area contributed by atoms with E-state index in [1.165, 1.54) is 31.2 Å². The molecule has 0 saturated carbocycles. The number of nitrogens with one attached hydrogen (secondary N) is 3. The predicted octanol–water partition coefficient (Wildman–Crippen LogP) is 7.47. The number of hydrogen-bond acceptors (Lipinski definition) is 8. The van der Waals surface area contributed by atoms with Crippen LogP contribution in [0.5, 0.6) is 11.5 Å². The molecule has 0 atom stereocenters. The minimum absolute atomic E-state index is 0.114. The molecule has 0 saturated heterocycles. The van der Waals surface area contributed by atoms with Crippen molar-refractivity contribution in [1.82, 2.24) is 5.32 Å². The number of methoxy groups -OCH3 is 2. The molecule has 0 spiro atoms. The first-order valence-corrected chi connectivity index (χ1v) is 14.1. The summed E-state index contributed by atoms with van der Waals surface area (Å²) in [6, 6.07) is 25.7. The lowest BCUT2D eigenvalue weighted by Crippen LogP contribution is -2.29. The van der Waals surface area contributed by atoms with Crippen molar-refractivity contribution < 1.29 is 18.7 Å². The number of carbonyl (C=O) groups excluding carboxylic acids is 1. The molecule has 0 radical (unpaired) electrons. The fourth-order valence-corrected chi connectivity index (χ4v) is 5.03. The van der Waals surface area contributed by atoms with E-state index in [9.17, 15) is 14.1 Å². The van der Waals surface area contributed by atoms with Crippen LogP contribution in [0.3, 0.4) is 0 Å². The highest BCUT2D eigenvalue weighted by Crippen LogP contribution is 2.36. The molecule has 10 heteroatoms. The van der Waals surface area contributed by atoms with Crippen LogP contribution >= 0.6 is 11.9 Å². The molecule has 0 fully saturated rings. The van der Waals surface area contributed by atoms with Crippen LogP contribution in [0, 0.1) is 10.7 Å². The summed E-state index contributed by atoms with van der Waals surface area (Å²) in [7, 11) is 3.02. The quantitative estimate of drug-likeness (QED) is 0.0846. The number of ether oxygens (including phenoxy) is 2. The average molecular weight is 589 g/mol. The van der Waals surface area contributed by atoms with Gasteiger partial charge in [-0.2, -0.15) is 0 Å². The van der Waals surface area contributed by atoms with Crippen molar-refractivity contribution in [3.8, 4) is 22.6 Å². The predicted molar refractivity (Wildman–Crippen MR) is 167 cm³/mol. The highest BCUT2D eigenvalue weighted by atomic mass is 32.2. The van der Waals surface area contributed by atoms with Crippen LogP contribution in [0.25, 0.3) is 11.1 Å². The van der Waals surface area contributed by atoms with Gasteiger partial charge < -0.3 is 24.8 Å². The number of halogens is 1. The third-order valence-electron chi connectivity index (χ3n) is 6.60. The standard InChI is InChI=1S/C32H33FN4O4S/c1-32(2,37-39)23-9-5-8-21(18-23)22-14-15-27(40-3)29(19-22)42-36-25-11-6-10-24(20-25)34-16-17-35-31(38)30-26(33)12-7-13-28(30)41-4/h5-15,18-20,34,36H,16-17H2,1-4H3,(H,35,38). The number of nitrogens with zero attached hydrogens (tertiary/aromatic N) is 1. The highest BCUT2D eigenvalue weighted by Gasteiger charge is 2.21. The Hall–Kier alpha value is -4.57. The molecule has 0 aliphatic heterocycles. The molecule has 42 heavy (non-hydrogen) atoms. The molecule has 0 bridgehead atoms. The van der Waals surface area contributed by atoms with Gasteiger partial charge in [-0.3, -0.25) is 4.79 Å². The van der Waals surface area contributed by atoms with Crippen molar-refractivity contribution in [1.29, 1.82) is 0 Å². The van der Waals surface area contributed by atoms with Gasteiger partial charge in [-0.1, -0.05) is 41.6 Å². The molecule has 8 nitrogen and oxygen atoms in total. The molecule has 1 amide bonds. The van der Waals surface area contributed by atoms with Crippen LogP contribution in [-0.2, 0) is 5.54 Å². The maximum Gasteiger partial charge on any atom is 0.258 e.